The molecule has 0 radical (unpaired) electrons. The van der Waals surface area contributed by atoms with E-state index in [1.165, 1.54) is 75.4 Å². The van der Waals surface area contributed by atoms with E-state index in [2.05, 4.69) is 138 Å². The van der Waals surface area contributed by atoms with Crippen LogP contribution >= 0.6 is 11.3 Å². The lowest BCUT2D eigenvalue weighted by Gasteiger charge is -2.07. The highest BCUT2D eigenvalue weighted by molar-refractivity contribution is 7.26. The third kappa shape index (κ3) is 3.24. The van der Waals surface area contributed by atoms with Gasteiger partial charge in [-0.05, 0) is 34.4 Å². The lowest BCUT2D eigenvalue weighted by molar-refractivity contribution is 1.54. The van der Waals surface area contributed by atoms with Crippen molar-refractivity contribution in [1.29, 1.82) is 0 Å². The number of benzene rings is 6. The van der Waals surface area contributed by atoms with E-state index >= 15 is 0 Å². The molecule has 2 heteroatoms. The predicted molar refractivity (Wildman–Crippen MR) is 165 cm³/mol. The van der Waals surface area contributed by atoms with Crippen LogP contribution in [-0.4, -0.2) is 4.98 Å². The van der Waals surface area contributed by atoms with Gasteiger partial charge < -0.3 is 4.98 Å². The molecular weight excluding hydrogens is 478 g/mol. The Morgan fingerprint density at radius 1 is 0.395 bits per heavy atom. The average molecular weight is 502 g/mol. The number of thiophene rings is 1. The van der Waals surface area contributed by atoms with Gasteiger partial charge in [-0.2, -0.15) is 0 Å². The predicted octanol–water partition coefficient (Wildman–Crippen LogP) is 10.7. The van der Waals surface area contributed by atoms with Crippen LogP contribution in [-0.2, 0) is 0 Å². The first-order chi connectivity index (χ1) is 18.8. The topological polar surface area (TPSA) is 15.8 Å². The number of aromatic nitrogens is 1. The third-order valence-electron chi connectivity index (χ3n) is 7.64. The van der Waals surface area contributed by atoms with Gasteiger partial charge in [-0.15, -0.1) is 11.3 Å². The zero-order valence-electron chi connectivity index (χ0n) is 20.6. The van der Waals surface area contributed by atoms with Gasteiger partial charge in [0.05, 0.1) is 5.52 Å². The van der Waals surface area contributed by atoms with E-state index in [-0.39, 0.29) is 0 Å². The maximum atomic E-state index is 3.71. The molecule has 1 nitrogen and oxygen atoms in total. The van der Waals surface area contributed by atoms with Crippen molar-refractivity contribution in [3.63, 3.8) is 0 Å². The fraction of sp³-hybridized carbons (Fsp3) is 0. The molecule has 178 valence electrons. The van der Waals surface area contributed by atoms with Gasteiger partial charge in [-0.1, -0.05) is 121 Å². The Balaban J connectivity index is 1.36. The summed E-state index contributed by atoms with van der Waals surface area (Å²) in [5.41, 5.74) is 9.94. The molecule has 38 heavy (non-hydrogen) atoms. The molecule has 0 bridgehead atoms. The molecule has 1 N–H and O–H groups in total. The minimum atomic E-state index is 1.18. The van der Waals surface area contributed by atoms with Gasteiger partial charge >= 0.3 is 0 Å². The number of rotatable bonds is 3. The molecule has 0 aliphatic rings. The summed E-state index contributed by atoms with van der Waals surface area (Å²) < 4.78 is 2.67. The molecule has 2 heterocycles. The first kappa shape index (κ1) is 21.4. The summed E-state index contributed by atoms with van der Waals surface area (Å²) in [6.45, 7) is 0. The Kier molecular flexibility index (Phi) is 4.76. The van der Waals surface area contributed by atoms with Crippen LogP contribution < -0.4 is 0 Å². The lowest BCUT2D eigenvalue weighted by Crippen LogP contribution is -1.81. The van der Waals surface area contributed by atoms with E-state index in [0.717, 1.165) is 0 Å². The second-order valence-electron chi connectivity index (χ2n) is 9.81. The summed E-state index contributed by atoms with van der Waals surface area (Å²) >= 11 is 1.91. The van der Waals surface area contributed by atoms with E-state index < -0.39 is 0 Å². The van der Waals surface area contributed by atoms with Crippen molar-refractivity contribution < 1.29 is 0 Å². The van der Waals surface area contributed by atoms with Gasteiger partial charge in [-0.25, -0.2) is 0 Å². The van der Waals surface area contributed by atoms with Gasteiger partial charge in [0, 0.05) is 47.6 Å². The van der Waals surface area contributed by atoms with Gasteiger partial charge in [0.1, 0.15) is 0 Å². The Labute approximate surface area is 224 Å². The minimum Gasteiger partial charge on any atom is -0.354 e. The van der Waals surface area contributed by atoms with Gasteiger partial charge in [0.15, 0.2) is 0 Å². The summed E-state index contributed by atoms with van der Waals surface area (Å²) in [6, 6.07) is 48.3. The molecule has 0 atom stereocenters. The van der Waals surface area contributed by atoms with E-state index in [1.807, 2.05) is 11.3 Å². The van der Waals surface area contributed by atoms with Crippen molar-refractivity contribution in [1.82, 2.24) is 4.98 Å². The smallest absolute Gasteiger partial charge is 0.0545 e. The van der Waals surface area contributed by atoms with E-state index in [4.69, 9.17) is 0 Å². The van der Waals surface area contributed by atoms with Crippen LogP contribution in [0.15, 0.2) is 133 Å². The number of fused-ring (bicyclic) bond motifs is 6. The summed E-state index contributed by atoms with van der Waals surface area (Å²) in [5, 5.41) is 5.18. The van der Waals surface area contributed by atoms with Crippen LogP contribution in [0.4, 0.5) is 0 Å². The highest BCUT2D eigenvalue weighted by Gasteiger charge is 2.16. The highest BCUT2D eigenvalue weighted by Crippen LogP contribution is 2.45. The second kappa shape index (κ2) is 8.44. The summed E-state index contributed by atoms with van der Waals surface area (Å²) in [5.74, 6) is 0. The van der Waals surface area contributed by atoms with Crippen LogP contribution in [0.1, 0.15) is 0 Å². The lowest BCUT2D eigenvalue weighted by atomic mass is 9.97. The second-order valence-corrected chi connectivity index (χ2v) is 10.8. The summed E-state index contributed by atoms with van der Waals surface area (Å²) in [4.78, 5) is 3.71. The molecule has 6 aromatic carbocycles. The Hall–Kier alpha value is -4.66. The molecule has 0 unspecified atom stereocenters. The number of H-pyrrole nitrogens is 1. The summed E-state index contributed by atoms with van der Waals surface area (Å²) in [6.07, 6.45) is 0. The maximum absolute atomic E-state index is 3.71. The molecule has 0 fully saturated rings. The Morgan fingerprint density at radius 3 is 1.82 bits per heavy atom. The van der Waals surface area contributed by atoms with Crippen molar-refractivity contribution >= 4 is 53.3 Å². The fourth-order valence-corrected chi connectivity index (χ4v) is 7.22. The molecule has 2 aromatic heterocycles. The maximum Gasteiger partial charge on any atom is 0.0545 e. The molecular formula is C36H23NS. The van der Waals surface area contributed by atoms with E-state index in [1.54, 1.807) is 0 Å². The molecule has 0 saturated heterocycles. The van der Waals surface area contributed by atoms with E-state index in [9.17, 15) is 0 Å². The molecule has 0 saturated carbocycles. The molecule has 8 aromatic rings. The number of aromatic amines is 1. The Bertz CT molecular complexity index is 2130. The minimum absolute atomic E-state index is 1.18. The number of hydrogen-bond acceptors (Lipinski definition) is 1. The highest BCUT2D eigenvalue weighted by atomic mass is 32.1. The van der Waals surface area contributed by atoms with Crippen molar-refractivity contribution in [2.75, 3.05) is 0 Å². The number of hydrogen-bond donors (Lipinski definition) is 1. The molecule has 0 aliphatic carbocycles. The standard InChI is InChI=1S/C36H23NS/c1-2-10-23(11-3-1)24-12-6-13-25(22-24)26-15-7-19-31-32-20-9-18-30(36(32)38-35(26)31)29-17-8-16-28-27-14-4-5-21-33(27)37-34(28)29/h1-22,37H. The van der Waals surface area contributed by atoms with Crippen LogP contribution in [0.5, 0.6) is 0 Å². The zero-order chi connectivity index (χ0) is 25.1. The Morgan fingerprint density at radius 2 is 0.974 bits per heavy atom. The normalized spacial score (nSPS) is 11.7. The third-order valence-corrected chi connectivity index (χ3v) is 8.92. The molecule has 0 amide bonds. The molecule has 0 aliphatic heterocycles. The number of para-hydroxylation sites is 2. The quantitative estimate of drug-likeness (QED) is 0.248. The van der Waals surface area contributed by atoms with Crippen LogP contribution in [0.2, 0.25) is 0 Å². The fourth-order valence-electron chi connectivity index (χ4n) is 5.85. The van der Waals surface area contributed by atoms with Crippen LogP contribution in [0, 0.1) is 0 Å². The van der Waals surface area contributed by atoms with Crippen molar-refractivity contribution in [2.45, 2.75) is 0 Å². The first-order valence-electron chi connectivity index (χ1n) is 12.9. The largest absolute Gasteiger partial charge is 0.354 e. The van der Waals surface area contributed by atoms with Gasteiger partial charge in [0.25, 0.3) is 0 Å². The average Bonchev–Trinajstić information content (AvgIpc) is 3.56. The van der Waals surface area contributed by atoms with Crippen LogP contribution in [0.25, 0.3) is 75.4 Å². The van der Waals surface area contributed by atoms with Gasteiger partial charge in [-0.3, -0.25) is 0 Å². The van der Waals surface area contributed by atoms with E-state index in [0.29, 0.717) is 0 Å². The SMILES string of the molecule is c1ccc(-c2cccc(-c3cccc4c3sc3c(-c5cccc6c5[nH]c5ccccc56)cccc34)c2)cc1. The molecule has 8 rings (SSSR count). The monoisotopic (exact) mass is 501 g/mol. The molecule has 0 spiro atoms. The van der Waals surface area contributed by atoms with Crippen molar-refractivity contribution in [2.24, 2.45) is 0 Å². The van der Waals surface area contributed by atoms with Crippen molar-refractivity contribution in [3.05, 3.63) is 133 Å². The zero-order valence-corrected chi connectivity index (χ0v) is 21.4. The summed E-state index contributed by atoms with van der Waals surface area (Å²) in [7, 11) is 0. The van der Waals surface area contributed by atoms with Crippen molar-refractivity contribution in [3.8, 4) is 33.4 Å². The van der Waals surface area contributed by atoms with Crippen LogP contribution in [0.3, 0.4) is 0 Å². The number of nitrogens with one attached hydrogen (secondary N) is 1. The van der Waals surface area contributed by atoms with Gasteiger partial charge in [0.2, 0.25) is 0 Å². The first-order valence-corrected chi connectivity index (χ1v) is 13.8.